The molecule has 0 bridgehead atoms. The predicted octanol–water partition coefficient (Wildman–Crippen LogP) is 2.02. The molecule has 1 aliphatic heterocycles. The Kier molecular flexibility index (Phi) is 6.06. The summed E-state index contributed by atoms with van der Waals surface area (Å²) in [5.74, 6) is 1.44. The zero-order valence-electron chi connectivity index (χ0n) is 17.3. The van der Waals surface area contributed by atoms with Gasteiger partial charge in [0.25, 0.3) is 0 Å². The molecule has 0 aromatic heterocycles. The highest BCUT2D eigenvalue weighted by Gasteiger charge is 2.44. The number of hydrogen-bond donors (Lipinski definition) is 4. The molecule has 1 aromatic carbocycles. The molecular weight excluding hydrogens is 380 g/mol. The van der Waals surface area contributed by atoms with Crippen molar-refractivity contribution in [2.45, 2.75) is 63.1 Å². The van der Waals surface area contributed by atoms with E-state index in [2.05, 4.69) is 34.9 Å². The fourth-order valence-electron chi connectivity index (χ4n) is 5.12. The summed E-state index contributed by atoms with van der Waals surface area (Å²) >= 11 is 0. The zero-order chi connectivity index (χ0) is 21.1. The van der Waals surface area contributed by atoms with Crippen LogP contribution in [0, 0.1) is 22.0 Å². The van der Waals surface area contributed by atoms with E-state index in [1.54, 1.807) is 0 Å². The van der Waals surface area contributed by atoms with Gasteiger partial charge in [-0.25, -0.2) is 4.99 Å². The van der Waals surface area contributed by atoms with Crippen LogP contribution in [-0.4, -0.2) is 29.1 Å². The van der Waals surface area contributed by atoms with Gasteiger partial charge in [-0.05, 0) is 80.9 Å². The molecule has 2 atom stereocenters. The van der Waals surface area contributed by atoms with E-state index in [0.717, 1.165) is 44.9 Å². The summed E-state index contributed by atoms with van der Waals surface area (Å²) in [6.45, 7) is 0.712. The fourth-order valence-corrected chi connectivity index (χ4v) is 5.12. The lowest BCUT2D eigenvalue weighted by Crippen LogP contribution is -2.65. The average molecular weight is 413 g/mol. The van der Waals surface area contributed by atoms with Crippen LogP contribution in [0.1, 0.15) is 49.7 Å². The van der Waals surface area contributed by atoms with Crippen LogP contribution in [0.3, 0.4) is 0 Å². The Morgan fingerprint density at radius 1 is 1.13 bits per heavy atom. The van der Waals surface area contributed by atoms with Gasteiger partial charge in [0.05, 0.1) is 17.2 Å². The summed E-state index contributed by atoms with van der Waals surface area (Å²) in [6, 6.07) is 8.58. The summed E-state index contributed by atoms with van der Waals surface area (Å²) in [5, 5.41) is 17.8. The van der Waals surface area contributed by atoms with Crippen molar-refractivity contribution in [3.63, 3.8) is 0 Å². The van der Waals surface area contributed by atoms with Gasteiger partial charge in [0.15, 0.2) is 11.6 Å². The number of benzene rings is 1. The van der Waals surface area contributed by atoms with E-state index in [9.17, 15) is 10.1 Å². The maximum absolute atomic E-state index is 11.7. The van der Waals surface area contributed by atoms with E-state index in [1.165, 1.54) is 17.3 Å². The summed E-state index contributed by atoms with van der Waals surface area (Å²) in [4.78, 5) is 16.1. The number of fused-ring (bicyclic) bond motifs is 1. The highest BCUT2D eigenvalue weighted by atomic mass is 16.6. The molecule has 1 fully saturated rings. The Hall–Kier alpha value is -2.45. The normalized spacial score (nSPS) is 32.5. The second-order valence-electron chi connectivity index (χ2n) is 9.00. The van der Waals surface area contributed by atoms with Gasteiger partial charge in [-0.1, -0.05) is 24.3 Å². The van der Waals surface area contributed by atoms with E-state index in [4.69, 9.17) is 16.5 Å². The predicted molar refractivity (Wildman–Crippen MR) is 117 cm³/mol. The van der Waals surface area contributed by atoms with Crippen LogP contribution in [0.25, 0.3) is 0 Å². The van der Waals surface area contributed by atoms with Gasteiger partial charge in [0.2, 0.25) is 0 Å². The van der Waals surface area contributed by atoms with Gasteiger partial charge in [-0.15, -0.1) is 0 Å². The molecule has 1 unspecified atom stereocenters. The fraction of sp³-hybridized carbons (Fsp3) is 0.591. The molecule has 6 N–H and O–H groups in total. The third-order valence-corrected chi connectivity index (χ3v) is 6.88. The van der Waals surface area contributed by atoms with Crippen LogP contribution in [0.5, 0.6) is 0 Å². The van der Waals surface area contributed by atoms with Crippen molar-refractivity contribution in [1.82, 2.24) is 10.6 Å². The first-order chi connectivity index (χ1) is 14.5. The first-order valence-electron chi connectivity index (χ1n) is 11.0. The third kappa shape index (κ3) is 4.49. The van der Waals surface area contributed by atoms with E-state index in [-0.39, 0.29) is 16.7 Å². The lowest BCUT2D eigenvalue weighted by molar-refractivity contribution is -0.437. The van der Waals surface area contributed by atoms with Crippen molar-refractivity contribution >= 4 is 5.96 Å². The number of rotatable bonds is 5. The number of guanidine groups is 1. The van der Waals surface area contributed by atoms with Crippen LogP contribution in [-0.2, 0) is 12.8 Å². The number of nitrogens with one attached hydrogen (secondary N) is 2. The topological polar surface area (TPSA) is 132 Å². The van der Waals surface area contributed by atoms with Crippen molar-refractivity contribution < 1.29 is 4.92 Å². The van der Waals surface area contributed by atoms with Gasteiger partial charge in [0, 0.05) is 0 Å². The summed E-state index contributed by atoms with van der Waals surface area (Å²) in [6.07, 6.45) is 8.89. The standard InChI is InChI=1S/C22H32N6O2/c23-13-16-7-5-15(6-8-16)12-22(24)20(28(29)30)14-25-21(27-22)26-19-10-9-17-3-1-2-4-18(17)11-19/h1-4,14-16,19H,5-13,23-24H2,(H2,25,26,27)/t15?,16?,19-,22?/m1/s1. The van der Waals surface area contributed by atoms with Crippen molar-refractivity contribution in [2.75, 3.05) is 6.54 Å². The van der Waals surface area contributed by atoms with Crippen molar-refractivity contribution in [3.05, 3.63) is 57.4 Å². The zero-order valence-corrected chi connectivity index (χ0v) is 17.3. The van der Waals surface area contributed by atoms with E-state index >= 15 is 0 Å². The molecule has 162 valence electrons. The molecule has 1 saturated carbocycles. The molecule has 4 rings (SSSR count). The van der Waals surface area contributed by atoms with Gasteiger partial charge in [-0.2, -0.15) is 0 Å². The lowest BCUT2D eigenvalue weighted by Gasteiger charge is -2.37. The van der Waals surface area contributed by atoms with Crippen LogP contribution >= 0.6 is 0 Å². The SMILES string of the molecule is NCC1CCC(CC2(N)NC(=N[C@@H]3CCc4ccccc4C3)NC=C2[N+](=O)[O-])CC1. The molecule has 8 nitrogen and oxygen atoms in total. The van der Waals surface area contributed by atoms with Crippen molar-refractivity contribution in [3.8, 4) is 0 Å². The minimum Gasteiger partial charge on any atom is -0.330 e. The second-order valence-corrected chi connectivity index (χ2v) is 9.00. The van der Waals surface area contributed by atoms with E-state index in [1.807, 2.05) is 0 Å². The molecule has 1 heterocycles. The quantitative estimate of drug-likeness (QED) is 0.432. The minimum absolute atomic E-state index is 0.0311. The Morgan fingerprint density at radius 2 is 1.83 bits per heavy atom. The number of nitro groups is 1. The second kappa shape index (κ2) is 8.73. The van der Waals surface area contributed by atoms with E-state index in [0.29, 0.717) is 30.8 Å². The monoisotopic (exact) mass is 412 g/mol. The molecule has 0 amide bonds. The molecule has 30 heavy (non-hydrogen) atoms. The van der Waals surface area contributed by atoms with Gasteiger partial charge < -0.3 is 16.4 Å². The molecule has 8 heteroatoms. The van der Waals surface area contributed by atoms with Gasteiger partial charge >= 0.3 is 5.70 Å². The van der Waals surface area contributed by atoms with Gasteiger partial charge in [0.1, 0.15) is 0 Å². The molecule has 0 saturated heterocycles. The van der Waals surface area contributed by atoms with Crippen LogP contribution in [0.15, 0.2) is 41.2 Å². The molecule has 0 radical (unpaired) electrons. The molecule has 1 aromatic rings. The molecular formula is C22H32N6O2. The third-order valence-electron chi connectivity index (χ3n) is 6.88. The Balaban J connectivity index is 1.48. The van der Waals surface area contributed by atoms with Crippen LogP contribution in [0.2, 0.25) is 0 Å². The summed E-state index contributed by atoms with van der Waals surface area (Å²) < 4.78 is 0. The number of nitrogens with two attached hydrogens (primary N) is 2. The van der Waals surface area contributed by atoms with Crippen LogP contribution in [0.4, 0.5) is 0 Å². The summed E-state index contributed by atoms with van der Waals surface area (Å²) in [5.41, 5.74) is 13.9. The highest BCUT2D eigenvalue weighted by molar-refractivity contribution is 5.83. The Labute approximate surface area is 177 Å². The van der Waals surface area contributed by atoms with Crippen LogP contribution < -0.4 is 22.1 Å². The van der Waals surface area contributed by atoms with Gasteiger partial charge in [-0.3, -0.25) is 15.8 Å². The molecule has 2 aliphatic carbocycles. The van der Waals surface area contributed by atoms with E-state index < -0.39 is 5.66 Å². The van der Waals surface area contributed by atoms with Crippen molar-refractivity contribution in [1.29, 1.82) is 0 Å². The highest BCUT2D eigenvalue weighted by Crippen LogP contribution is 2.34. The number of aryl methyl sites for hydroxylation is 1. The number of hydrogen-bond acceptors (Lipinski definition) is 5. The molecule has 3 aliphatic rings. The number of aliphatic imine (C=N–C) groups is 1. The summed E-state index contributed by atoms with van der Waals surface area (Å²) in [7, 11) is 0. The Bertz CT molecular complexity index is 846. The first kappa shape index (κ1) is 20.8. The number of nitrogens with zero attached hydrogens (tertiary/aromatic N) is 2. The lowest BCUT2D eigenvalue weighted by atomic mass is 9.77. The first-order valence-corrected chi connectivity index (χ1v) is 11.0. The Morgan fingerprint density at radius 3 is 2.53 bits per heavy atom. The smallest absolute Gasteiger partial charge is 0.301 e. The largest absolute Gasteiger partial charge is 0.330 e. The maximum Gasteiger partial charge on any atom is 0.301 e. The average Bonchev–Trinajstić information content (AvgIpc) is 2.74. The van der Waals surface area contributed by atoms with Crippen molar-refractivity contribution in [2.24, 2.45) is 28.3 Å². The minimum atomic E-state index is -1.22. The maximum atomic E-state index is 11.7. The molecule has 0 spiro atoms.